The molecular weight excluding hydrogens is 356 g/mol. The maximum absolute atomic E-state index is 12.9. The first-order chi connectivity index (χ1) is 13.5. The Bertz CT molecular complexity index is 840. The molecule has 0 bridgehead atoms. The van der Waals surface area contributed by atoms with Crippen LogP contribution in [0, 0.1) is 0 Å². The van der Waals surface area contributed by atoms with Crippen molar-refractivity contribution in [3.05, 3.63) is 47.0 Å². The van der Waals surface area contributed by atoms with Crippen molar-refractivity contribution in [2.75, 3.05) is 25.6 Å². The maximum atomic E-state index is 12.9. The standard InChI is InChI=1S/C21H28N4O3/c1-14(2)15-7-9-16(10-8-15)23-20(26)18-17-6-4-5-12-25(17)19(24-18)21(27)22-11-13-28-3/h7-10,14H,4-6,11-13H2,1-3H3,(H,22,27)(H,23,26). The Hall–Kier alpha value is -2.67. The molecule has 0 saturated carbocycles. The number of nitrogens with one attached hydrogen (secondary N) is 2. The number of ether oxygens (including phenoxy) is 1. The average Bonchev–Trinajstić information content (AvgIpc) is 3.08. The lowest BCUT2D eigenvalue weighted by Gasteiger charge is -2.17. The Labute approximate surface area is 165 Å². The molecule has 0 fully saturated rings. The van der Waals surface area contributed by atoms with Crippen LogP contribution >= 0.6 is 0 Å². The summed E-state index contributed by atoms with van der Waals surface area (Å²) >= 11 is 0. The van der Waals surface area contributed by atoms with Gasteiger partial charge in [0.15, 0.2) is 11.5 Å². The minimum absolute atomic E-state index is 0.277. The predicted molar refractivity (Wildman–Crippen MR) is 108 cm³/mol. The maximum Gasteiger partial charge on any atom is 0.287 e. The van der Waals surface area contributed by atoms with Crippen molar-refractivity contribution in [2.45, 2.75) is 45.6 Å². The number of anilines is 1. The van der Waals surface area contributed by atoms with Crippen LogP contribution in [0.1, 0.15) is 65.0 Å². The molecule has 7 heteroatoms. The van der Waals surface area contributed by atoms with E-state index in [4.69, 9.17) is 4.74 Å². The van der Waals surface area contributed by atoms with E-state index >= 15 is 0 Å². The van der Waals surface area contributed by atoms with Gasteiger partial charge in [0.05, 0.1) is 12.3 Å². The van der Waals surface area contributed by atoms with Crippen LogP contribution in [0.4, 0.5) is 5.69 Å². The zero-order valence-electron chi connectivity index (χ0n) is 16.7. The molecule has 2 amide bonds. The summed E-state index contributed by atoms with van der Waals surface area (Å²) in [6.45, 7) is 5.79. The lowest BCUT2D eigenvalue weighted by atomic mass is 10.0. The van der Waals surface area contributed by atoms with Crippen molar-refractivity contribution in [2.24, 2.45) is 0 Å². The van der Waals surface area contributed by atoms with Crippen LogP contribution in [-0.4, -0.2) is 41.6 Å². The van der Waals surface area contributed by atoms with E-state index in [1.165, 1.54) is 5.56 Å². The van der Waals surface area contributed by atoms with Gasteiger partial charge in [0.2, 0.25) is 0 Å². The molecule has 1 aliphatic rings. The van der Waals surface area contributed by atoms with Crippen LogP contribution in [0.25, 0.3) is 0 Å². The molecule has 2 aromatic rings. The summed E-state index contributed by atoms with van der Waals surface area (Å²) in [7, 11) is 1.58. The van der Waals surface area contributed by atoms with Crippen LogP contribution in [0.2, 0.25) is 0 Å². The van der Waals surface area contributed by atoms with Gasteiger partial charge in [0.1, 0.15) is 0 Å². The van der Waals surface area contributed by atoms with Crippen LogP contribution in [0.5, 0.6) is 0 Å². The number of aromatic nitrogens is 2. The van der Waals surface area contributed by atoms with E-state index in [0.717, 1.165) is 30.6 Å². The zero-order valence-corrected chi connectivity index (χ0v) is 16.7. The predicted octanol–water partition coefficient (Wildman–Crippen LogP) is 2.97. The summed E-state index contributed by atoms with van der Waals surface area (Å²) in [5, 5.41) is 5.70. The molecule has 0 saturated heterocycles. The van der Waals surface area contributed by atoms with Gasteiger partial charge in [0, 0.05) is 25.9 Å². The van der Waals surface area contributed by atoms with Gasteiger partial charge in [-0.3, -0.25) is 9.59 Å². The summed E-state index contributed by atoms with van der Waals surface area (Å²) in [6, 6.07) is 7.82. The van der Waals surface area contributed by atoms with E-state index in [2.05, 4.69) is 29.5 Å². The number of imidazole rings is 1. The van der Waals surface area contributed by atoms with Gasteiger partial charge >= 0.3 is 0 Å². The first-order valence-corrected chi connectivity index (χ1v) is 9.79. The number of amides is 2. The highest BCUT2D eigenvalue weighted by Crippen LogP contribution is 2.23. The van der Waals surface area contributed by atoms with Gasteiger partial charge in [-0.1, -0.05) is 26.0 Å². The minimum Gasteiger partial charge on any atom is -0.383 e. The Kier molecular flexibility index (Phi) is 6.46. The number of fused-ring (bicyclic) bond motifs is 1. The summed E-state index contributed by atoms with van der Waals surface area (Å²) in [5.41, 5.74) is 3.11. The van der Waals surface area contributed by atoms with Gasteiger partial charge in [-0.2, -0.15) is 0 Å². The van der Waals surface area contributed by atoms with Gasteiger partial charge in [-0.05, 0) is 42.9 Å². The van der Waals surface area contributed by atoms with Gasteiger partial charge < -0.3 is 19.9 Å². The van der Waals surface area contributed by atoms with E-state index < -0.39 is 0 Å². The Balaban J connectivity index is 1.80. The SMILES string of the molecule is COCCNC(=O)c1nc(C(=O)Nc2ccc(C(C)C)cc2)c2n1CCCC2. The largest absolute Gasteiger partial charge is 0.383 e. The summed E-state index contributed by atoms with van der Waals surface area (Å²) in [5.74, 6) is 0.176. The fourth-order valence-corrected chi connectivity index (χ4v) is 3.39. The Morgan fingerprint density at radius 3 is 2.61 bits per heavy atom. The summed E-state index contributed by atoms with van der Waals surface area (Å²) in [4.78, 5) is 29.8. The highest BCUT2D eigenvalue weighted by Gasteiger charge is 2.27. The van der Waals surface area contributed by atoms with E-state index in [1.54, 1.807) is 7.11 Å². The normalized spacial score (nSPS) is 13.3. The molecule has 1 aromatic carbocycles. The molecule has 7 nitrogen and oxygen atoms in total. The number of carbonyl (C=O) groups excluding carboxylic acids is 2. The quantitative estimate of drug-likeness (QED) is 0.719. The molecule has 2 N–H and O–H groups in total. The number of benzene rings is 1. The smallest absolute Gasteiger partial charge is 0.287 e. The van der Waals surface area contributed by atoms with Crippen LogP contribution in [0.15, 0.2) is 24.3 Å². The molecule has 0 aliphatic carbocycles. The van der Waals surface area contributed by atoms with Crippen molar-refractivity contribution < 1.29 is 14.3 Å². The molecule has 2 heterocycles. The first kappa shape index (κ1) is 20.1. The molecular formula is C21H28N4O3. The summed E-state index contributed by atoms with van der Waals surface area (Å²) < 4.78 is 6.84. The van der Waals surface area contributed by atoms with Crippen molar-refractivity contribution in [1.82, 2.24) is 14.9 Å². The van der Waals surface area contributed by atoms with E-state index in [0.29, 0.717) is 37.1 Å². The second kappa shape index (κ2) is 9.01. The molecule has 0 unspecified atom stereocenters. The average molecular weight is 384 g/mol. The van der Waals surface area contributed by atoms with E-state index in [9.17, 15) is 9.59 Å². The highest BCUT2D eigenvalue weighted by molar-refractivity contribution is 6.05. The number of methoxy groups -OCH3 is 1. The number of hydrogen-bond donors (Lipinski definition) is 2. The van der Waals surface area contributed by atoms with Gasteiger partial charge in [0.25, 0.3) is 11.8 Å². The third-order valence-corrected chi connectivity index (χ3v) is 4.96. The third kappa shape index (κ3) is 4.42. The molecule has 1 aromatic heterocycles. The number of nitrogens with zero attached hydrogens (tertiary/aromatic N) is 2. The second-order valence-electron chi connectivity index (χ2n) is 7.32. The molecule has 150 valence electrons. The van der Waals surface area contributed by atoms with E-state index in [-0.39, 0.29) is 11.8 Å². The zero-order chi connectivity index (χ0) is 20.1. The van der Waals surface area contributed by atoms with Crippen molar-refractivity contribution >= 4 is 17.5 Å². The molecule has 1 aliphatic heterocycles. The monoisotopic (exact) mass is 384 g/mol. The van der Waals surface area contributed by atoms with Crippen LogP contribution in [-0.2, 0) is 17.7 Å². The lowest BCUT2D eigenvalue weighted by molar-refractivity contribution is 0.0921. The first-order valence-electron chi connectivity index (χ1n) is 9.79. The number of hydrogen-bond acceptors (Lipinski definition) is 4. The lowest BCUT2D eigenvalue weighted by Crippen LogP contribution is -2.30. The highest BCUT2D eigenvalue weighted by atomic mass is 16.5. The Morgan fingerprint density at radius 1 is 1.18 bits per heavy atom. The molecule has 0 atom stereocenters. The topological polar surface area (TPSA) is 85.2 Å². The molecule has 0 radical (unpaired) electrons. The van der Waals surface area contributed by atoms with Crippen molar-refractivity contribution in [3.63, 3.8) is 0 Å². The summed E-state index contributed by atoms with van der Waals surface area (Å²) in [6.07, 6.45) is 2.70. The van der Waals surface area contributed by atoms with Crippen LogP contribution in [0.3, 0.4) is 0 Å². The van der Waals surface area contributed by atoms with Crippen molar-refractivity contribution in [3.8, 4) is 0 Å². The Morgan fingerprint density at radius 2 is 1.93 bits per heavy atom. The van der Waals surface area contributed by atoms with E-state index in [1.807, 2.05) is 28.8 Å². The third-order valence-electron chi connectivity index (χ3n) is 4.96. The van der Waals surface area contributed by atoms with Gasteiger partial charge in [-0.15, -0.1) is 0 Å². The molecule has 28 heavy (non-hydrogen) atoms. The van der Waals surface area contributed by atoms with Crippen molar-refractivity contribution in [1.29, 1.82) is 0 Å². The second-order valence-corrected chi connectivity index (χ2v) is 7.32. The number of carbonyl (C=O) groups is 2. The fourth-order valence-electron chi connectivity index (χ4n) is 3.39. The fraction of sp³-hybridized carbons (Fsp3) is 0.476. The number of rotatable bonds is 7. The van der Waals surface area contributed by atoms with Crippen LogP contribution < -0.4 is 10.6 Å². The minimum atomic E-state index is -0.279. The molecule has 0 spiro atoms. The molecule has 3 rings (SSSR count). The van der Waals surface area contributed by atoms with Gasteiger partial charge in [-0.25, -0.2) is 4.98 Å².